The van der Waals surface area contributed by atoms with Crippen molar-refractivity contribution in [2.24, 2.45) is 5.92 Å². The zero-order valence-electron chi connectivity index (χ0n) is 9.50. The number of β-amino-alcohol motifs (C(OH)–C–C–N with tert-alkyl or cyclic N) is 1. The van der Waals surface area contributed by atoms with E-state index in [4.69, 9.17) is 0 Å². The third-order valence-electron chi connectivity index (χ3n) is 4.12. The van der Waals surface area contributed by atoms with Crippen LogP contribution in [0.25, 0.3) is 0 Å². The fraction of sp³-hybridized carbons (Fsp3) is 1.00. The van der Waals surface area contributed by atoms with Crippen LogP contribution in [0.4, 0.5) is 0 Å². The van der Waals surface area contributed by atoms with Gasteiger partial charge in [-0.25, -0.2) is 0 Å². The van der Waals surface area contributed by atoms with Gasteiger partial charge in [0.15, 0.2) is 0 Å². The first-order valence-electron chi connectivity index (χ1n) is 6.08. The monoisotopic (exact) mass is 197 g/mol. The largest absolute Gasteiger partial charge is 0.387 e. The molecule has 1 saturated carbocycles. The lowest BCUT2D eigenvalue weighted by atomic mass is 9.80. The Bertz CT molecular complexity index is 190. The van der Waals surface area contributed by atoms with Gasteiger partial charge in [0.1, 0.15) is 0 Å². The number of likely N-dealkylation sites (tertiary alicyclic amines) is 1. The zero-order chi connectivity index (χ0) is 10.2. The summed E-state index contributed by atoms with van der Waals surface area (Å²) in [6.07, 6.45) is 6.91. The summed E-state index contributed by atoms with van der Waals surface area (Å²) >= 11 is 0. The van der Waals surface area contributed by atoms with Crippen LogP contribution in [0.2, 0.25) is 0 Å². The summed E-state index contributed by atoms with van der Waals surface area (Å²) in [6.45, 7) is 6.07. The van der Waals surface area contributed by atoms with Crippen molar-refractivity contribution in [3.8, 4) is 0 Å². The normalized spacial score (nSPS) is 29.1. The Morgan fingerprint density at radius 3 is 2.21 bits per heavy atom. The van der Waals surface area contributed by atoms with E-state index in [2.05, 4.69) is 18.7 Å². The first-order chi connectivity index (χ1) is 6.62. The summed E-state index contributed by atoms with van der Waals surface area (Å²) in [7, 11) is 0. The van der Waals surface area contributed by atoms with Crippen molar-refractivity contribution in [3.63, 3.8) is 0 Å². The Labute approximate surface area is 87.3 Å². The van der Waals surface area contributed by atoms with Gasteiger partial charge in [0.2, 0.25) is 0 Å². The van der Waals surface area contributed by atoms with Crippen LogP contribution in [-0.4, -0.2) is 34.7 Å². The molecule has 1 heterocycles. The highest BCUT2D eigenvalue weighted by Gasteiger charge is 2.45. The summed E-state index contributed by atoms with van der Waals surface area (Å²) < 4.78 is 0. The second-order valence-electron chi connectivity index (χ2n) is 5.46. The molecule has 1 aliphatic carbocycles. The molecule has 82 valence electrons. The van der Waals surface area contributed by atoms with Crippen LogP contribution in [0.3, 0.4) is 0 Å². The van der Waals surface area contributed by atoms with E-state index in [1.807, 2.05) is 0 Å². The lowest BCUT2D eigenvalue weighted by Gasteiger charge is -2.53. The van der Waals surface area contributed by atoms with Gasteiger partial charge in [-0.1, -0.05) is 33.1 Å². The Morgan fingerprint density at radius 2 is 1.71 bits per heavy atom. The van der Waals surface area contributed by atoms with E-state index in [1.165, 1.54) is 32.1 Å². The summed E-state index contributed by atoms with van der Waals surface area (Å²) in [4.78, 5) is 2.49. The lowest BCUT2D eigenvalue weighted by Crippen LogP contribution is -2.67. The highest BCUT2D eigenvalue weighted by Crippen LogP contribution is 2.34. The Morgan fingerprint density at radius 1 is 1.14 bits per heavy atom. The topological polar surface area (TPSA) is 23.5 Å². The van der Waals surface area contributed by atoms with Crippen molar-refractivity contribution in [2.75, 3.05) is 13.1 Å². The van der Waals surface area contributed by atoms with Crippen LogP contribution in [0.15, 0.2) is 0 Å². The highest BCUT2D eigenvalue weighted by atomic mass is 16.3. The smallest absolute Gasteiger partial charge is 0.0923 e. The van der Waals surface area contributed by atoms with Gasteiger partial charge in [0.05, 0.1) is 5.60 Å². The second kappa shape index (κ2) is 3.82. The predicted octanol–water partition coefficient (Wildman–Crippen LogP) is 2.02. The SMILES string of the molecule is CC(C)C1(O)CN(C2CCCCC2)C1. The van der Waals surface area contributed by atoms with Gasteiger partial charge >= 0.3 is 0 Å². The lowest BCUT2D eigenvalue weighted by molar-refractivity contribution is -0.146. The van der Waals surface area contributed by atoms with Crippen molar-refractivity contribution >= 4 is 0 Å². The van der Waals surface area contributed by atoms with Gasteiger partial charge in [0, 0.05) is 19.1 Å². The molecule has 1 N–H and O–H groups in total. The van der Waals surface area contributed by atoms with E-state index in [9.17, 15) is 5.11 Å². The van der Waals surface area contributed by atoms with Crippen LogP contribution in [0.5, 0.6) is 0 Å². The first kappa shape index (κ1) is 10.4. The molecule has 0 unspecified atom stereocenters. The molecule has 14 heavy (non-hydrogen) atoms. The van der Waals surface area contributed by atoms with Crippen molar-refractivity contribution in [1.82, 2.24) is 4.90 Å². The summed E-state index contributed by atoms with van der Waals surface area (Å²) in [5.41, 5.74) is -0.378. The fourth-order valence-corrected chi connectivity index (χ4v) is 2.73. The van der Waals surface area contributed by atoms with E-state index in [-0.39, 0.29) is 5.60 Å². The summed E-state index contributed by atoms with van der Waals surface area (Å²) in [5, 5.41) is 10.1. The molecule has 2 nitrogen and oxygen atoms in total. The molecule has 0 radical (unpaired) electrons. The Kier molecular flexibility index (Phi) is 2.85. The van der Waals surface area contributed by atoms with Gasteiger partial charge in [-0.3, -0.25) is 4.90 Å². The van der Waals surface area contributed by atoms with Crippen molar-refractivity contribution in [3.05, 3.63) is 0 Å². The Hall–Kier alpha value is -0.0800. The average Bonchev–Trinajstić information content (AvgIpc) is 2.14. The molecule has 0 aromatic heterocycles. The molecule has 2 heteroatoms. The number of aliphatic hydroxyl groups is 1. The van der Waals surface area contributed by atoms with E-state index in [1.54, 1.807) is 0 Å². The van der Waals surface area contributed by atoms with E-state index in [0.29, 0.717) is 5.92 Å². The van der Waals surface area contributed by atoms with Crippen molar-refractivity contribution in [1.29, 1.82) is 0 Å². The molecule has 2 aliphatic rings. The number of hydrogen-bond acceptors (Lipinski definition) is 2. The van der Waals surface area contributed by atoms with Crippen LogP contribution >= 0.6 is 0 Å². The summed E-state index contributed by atoms with van der Waals surface area (Å²) in [6, 6.07) is 0.780. The molecule has 0 aromatic carbocycles. The van der Waals surface area contributed by atoms with E-state index in [0.717, 1.165) is 19.1 Å². The third-order valence-corrected chi connectivity index (χ3v) is 4.12. The Balaban J connectivity index is 1.81. The molecular formula is C12H23NO. The van der Waals surface area contributed by atoms with E-state index < -0.39 is 0 Å². The van der Waals surface area contributed by atoms with Gasteiger partial charge in [-0.2, -0.15) is 0 Å². The van der Waals surface area contributed by atoms with E-state index >= 15 is 0 Å². The summed E-state index contributed by atoms with van der Waals surface area (Å²) in [5.74, 6) is 0.405. The minimum Gasteiger partial charge on any atom is -0.387 e. The molecule has 0 spiro atoms. The highest BCUT2D eigenvalue weighted by molar-refractivity contribution is 5.00. The maximum Gasteiger partial charge on any atom is 0.0923 e. The first-order valence-corrected chi connectivity index (χ1v) is 6.08. The third kappa shape index (κ3) is 1.82. The van der Waals surface area contributed by atoms with Crippen LogP contribution in [0, 0.1) is 5.92 Å². The molecule has 1 aliphatic heterocycles. The molecule has 2 rings (SSSR count). The predicted molar refractivity (Wildman–Crippen MR) is 58.2 cm³/mol. The van der Waals surface area contributed by atoms with Crippen LogP contribution in [0.1, 0.15) is 46.0 Å². The molecular weight excluding hydrogens is 174 g/mol. The zero-order valence-corrected chi connectivity index (χ0v) is 9.50. The van der Waals surface area contributed by atoms with Crippen LogP contribution < -0.4 is 0 Å². The van der Waals surface area contributed by atoms with Crippen molar-refractivity contribution < 1.29 is 5.11 Å². The minimum atomic E-state index is -0.378. The molecule has 0 amide bonds. The standard InChI is InChI=1S/C12H23NO/c1-10(2)12(14)8-13(9-12)11-6-4-3-5-7-11/h10-11,14H,3-9H2,1-2H3. The number of nitrogens with zero attached hydrogens (tertiary/aromatic N) is 1. The molecule has 0 atom stereocenters. The number of rotatable bonds is 2. The maximum absolute atomic E-state index is 10.1. The minimum absolute atomic E-state index is 0.378. The molecule has 0 aromatic rings. The quantitative estimate of drug-likeness (QED) is 0.732. The van der Waals surface area contributed by atoms with Gasteiger partial charge in [-0.05, 0) is 18.8 Å². The van der Waals surface area contributed by atoms with Gasteiger partial charge in [-0.15, -0.1) is 0 Å². The van der Waals surface area contributed by atoms with Gasteiger partial charge in [0.25, 0.3) is 0 Å². The van der Waals surface area contributed by atoms with Crippen molar-refractivity contribution in [2.45, 2.75) is 57.6 Å². The second-order valence-corrected chi connectivity index (χ2v) is 5.46. The molecule has 2 fully saturated rings. The molecule has 0 bridgehead atoms. The maximum atomic E-state index is 10.1. The fourth-order valence-electron chi connectivity index (χ4n) is 2.73. The van der Waals surface area contributed by atoms with Gasteiger partial charge < -0.3 is 5.11 Å². The molecule has 1 saturated heterocycles. The number of hydrogen-bond donors (Lipinski definition) is 1. The average molecular weight is 197 g/mol. The van der Waals surface area contributed by atoms with Crippen LogP contribution in [-0.2, 0) is 0 Å².